The van der Waals surface area contributed by atoms with Gasteiger partial charge in [-0.15, -0.1) is 0 Å². The van der Waals surface area contributed by atoms with Gasteiger partial charge in [-0.05, 0) is 32.6 Å². The zero-order valence-electron chi connectivity index (χ0n) is 10.3. The van der Waals surface area contributed by atoms with Crippen LogP contribution in [0.4, 0.5) is 4.79 Å². The Balaban J connectivity index is 0. The van der Waals surface area contributed by atoms with Crippen molar-refractivity contribution in [1.82, 2.24) is 4.90 Å². The monoisotopic (exact) mass is 239 g/mol. The Hall–Kier alpha value is -0.260. The van der Waals surface area contributed by atoms with Gasteiger partial charge >= 0.3 is 35.7 Å². The number of aliphatic carboxylic acids is 1. The van der Waals surface area contributed by atoms with Crippen molar-refractivity contribution in [3.63, 3.8) is 0 Å². The van der Waals surface area contributed by atoms with E-state index in [1.807, 2.05) is 6.92 Å². The van der Waals surface area contributed by atoms with Crippen LogP contribution in [0.1, 0.15) is 32.6 Å². The molecule has 0 unspecified atom stereocenters. The summed E-state index contributed by atoms with van der Waals surface area (Å²) in [6.45, 7) is 2.82. The van der Waals surface area contributed by atoms with Crippen molar-refractivity contribution in [1.29, 1.82) is 0 Å². The van der Waals surface area contributed by atoms with Gasteiger partial charge in [0.1, 0.15) is 0 Å². The molecule has 0 rings (SSSR count). The zero-order chi connectivity index (χ0) is 11.7. The summed E-state index contributed by atoms with van der Waals surface area (Å²) in [5.41, 5.74) is 0. The average Bonchev–Trinajstić information content (AvgIpc) is 2.21. The molecule has 0 aliphatic rings. The minimum Gasteiger partial charge on any atom is -0.550 e. The molecular weight excluding hydrogens is 221 g/mol. The zero-order valence-corrected chi connectivity index (χ0v) is 12.3. The second kappa shape index (κ2) is 11.2. The molecule has 88 valence electrons. The molecule has 0 aliphatic carbocycles. The average molecular weight is 239 g/mol. The largest absolute Gasteiger partial charge is 1.00 e. The third-order valence-electron chi connectivity index (χ3n) is 2.04. The smallest absolute Gasteiger partial charge is 0.550 e. The quantitative estimate of drug-likeness (QED) is 0.360. The van der Waals surface area contributed by atoms with Gasteiger partial charge in [0, 0.05) is 19.6 Å². The summed E-state index contributed by atoms with van der Waals surface area (Å²) in [5.74, 6) is -1.03. The van der Waals surface area contributed by atoms with E-state index in [-0.39, 0.29) is 42.1 Å². The Morgan fingerprint density at radius 2 is 1.88 bits per heavy atom. The van der Waals surface area contributed by atoms with E-state index in [9.17, 15) is 14.7 Å². The van der Waals surface area contributed by atoms with Crippen molar-refractivity contribution in [3.05, 3.63) is 0 Å². The van der Waals surface area contributed by atoms with Crippen molar-refractivity contribution in [3.8, 4) is 0 Å². The molecular formula is C10H18NNaO4. The molecule has 0 N–H and O–H groups in total. The first kappa shape index (κ1) is 18.1. The number of amides is 1. The summed E-state index contributed by atoms with van der Waals surface area (Å²) in [6, 6.07) is 0. The van der Waals surface area contributed by atoms with Crippen LogP contribution < -0.4 is 34.7 Å². The minimum absolute atomic E-state index is 0. The molecule has 5 nitrogen and oxygen atoms in total. The maximum Gasteiger partial charge on any atom is 1.00 e. The van der Waals surface area contributed by atoms with Crippen LogP contribution in [0.2, 0.25) is 0 Å². The first-order valence-corrected chi connectivity index (χ1v) is 5.15. The number of rotatable bonds is 7. The van der Waals surface area contributed by atoms with E-state index < -0.39 is 5.97 Å². The molecule has 16 heavy (non-hydrogen) atoms. The maximum atomic E-state index is 11.1. The van der Waals surface area contributed by atoms with Crippen molar-refractivity contribution >= 4 is 12.1 Å². The van der Waals surface area contributed by atoms with Gasteiger partial charge in [-0.25, -0.2) is 4.79 Å². The van der Waals surface area contributed by atoms with Crippen LogP contribution in [0.5, 0.6) is 0 Å². The van der Waals surface area contributed by atoms with Crippen LogP contribution >= 0.6 is 0 Å². The molecule has 0 heterocycles. The van der Waals surface area contributed by atoms with E-state index in [1.54, 1.807) is 7.05 Å². The molecule has 6 heteroatoms. The van der Waals surface area contributed by atoms with Crippen LogP contribution in [0.3, 0.4) is 0 Å². The number of carbonyl (C=O) groups is 2. The molecule has 1 amide bonds. The van der Waals surface area contributed by atoms with Crippen LogP contribution in [0.25, 0.3) is 0 Å². The van der Waals surface area contributed by atoms with E-state index in [0.29, 0.717) is 26.0 Å². The molecule has 0 aliphatic heterocycles. The number of ether oxygens (including phenoxy) is 1. The fourth-order valence-corrected chi connectivity index (χ4v) is 0.947. The molecule has 0 bridgehead atoms. The number of hydrogen-bond donors (Lipinski definition) is 0. The summed E-state index contributed by atoms with van der Waals surface area (Å²) in [7, 11) is 1.67. The summed E-state index contributed by atoms with van der Waals surface area (Å²) < 4.78 is 4.93. The number of unbranched alkanes of at least 4 members (excludes halogenated alkanes) is 2. The van der Waals surface area contributed by atoms with E-state index in [0.717, 1.165) is 6.42 Å². The first-order valence-electron chi connectivity index (χ1n) is 5.15. The van der Waals surface area contributed by atoms with Gasteiger partial charge in [0.2, 0.25) is 0 Å². The van der Waals surface area contributed by atoms with E-state index in [1.165, 1.54) is 4.90 Å². The molecule has 0 saturated carbocycles. The molecule has 0 spiro atoms. The SMILES string of the molecule is CCN(C)C(=O)OCCCCCC(=O)[O-].[Na+]. The molecule has 0 aromatic heterocycles. The minimum atomic E-state index is -1.03. The van der Waals surface area contributed by atoms with E-state index >= 15 is 0 Å². The number of carboxylic acids is 1. The standard InChI is InChI=1S/C10H19NO4.Na/c1-3-11(2)10(14)15-8-6-4-5-7-9(12)13;/h3-8H2,1-2H3,(H,12,13);/q;+1/p-1. The molecule has 0 aromatic carbocycles. The Kier molecular flexibility index (Phi) is 12.7. The van der Waals surface area contributed by atoms with Gasteiger partial charge in [-0.2, -0.15) is 0 Å². The first-order chi connectivity index (χ1) is 7.07. The normalized spacial score (nSPS) is 9.12. The van der Waals surface area contributed by atoms with Gasteiger partial charge in [0.25, 0.3) is 0 Å². The number of hydrogen-bond acceptors (Lipinski definition) is 4. The second-order valence-corrected chi connectivity index (χ2v) is 3.31. The number of carbonyl (C=O) groups excluding carboxylic acids is 2. The van der Waals surface area contributed by atoms with Gasteiger partial charge in [0.15, 0.2) is 0 Å². The maximum absolute atomic E-state index is 11.1. The van der Waals surface area contributed by atoms with Gasteiger partial charge in [0.05, 0.1) is 6.61 Å². The Bertz CT molecular complexity index is 211. The Morgan fingerprint density at radius 3 is 2.38 bits per heavy atom. The number of nitrogens with zero attached hydrogens (tertiary/aromatic N) is 1. The van der Waals surface area contributed by atoms with Crippen molar-refractivity contribution in [2.45, 2.75) is 32.6 Å². The predicted molar refractivity (Wildman–Crippen MR) is 53.1 cm³/mol. The van der Waals surface area contributed by atoms with Crippen molar-refractivity contribution < 1.29 is 49.0 Å². The Morgan fingerprint density at radius 1 is 1.25 bits per heavy atom. The fraction of sp³-hybridized carbons (Fsp3) is 0.800. The predicted octanol–water partition coefficient (Wildman–Crippen LogP) is -2.61. The number of carboxylic acid groups (broad SMARTS) is 1. The molecule has 0 atom stereocenters. The van der Waals surface area contributed by atoms with Crippen molar-refractivity contribution in [2.24, 2.45) is 0 Å². The Labute approximate surface area is 118 Å². The van der Waals surface area contributed by atoms with Crippen LogP contribution in [0, 0.1) is 0 Å². The molecule has 0 saturated heterocycles. The van der Waals surface area contributed by atoms with Crippen LogP contribution in [-0.2, 0) is 9.53 Å². The second-order valence-electron chi connectivity index (χ2n) is 3.31. The summed E-state index contributed by atoms with van der Waals surface area (Å²) in [4.78, 5) is 22.7. The third kappa shape index (κ3) is 10.3. The fourth-order valence-electron chi connectivity index (χ4n) is 0.947. The van der Waals surface area contributed by atoms with Gasteiger partial charge < -0.3 is 19.5 Å². The summed E-state index contributed by atoms with van der Waals surface area (Å²) >= 11 is 0. The van der Waals surface area contributed by atoms with Gasteiger partial charge in [-0.3, -0.25) is 0 Å². The summed E-state index contributed by atoms with van der Waals surface area (Å²) in [5, 5.41) is 10.1. The third-order valence-corrected chi connectivity index (χ3v) is 2.04. The van der Waals surface area contributed by atoms with E-state index in [4.69, 9.17) is 4.74 Å². The van der Waals surface area contributed by atoms with Gasteiger partial charge in [-0.1, -0.05) is 0 Å². The van der Waals surface area contributed by atoms with E-state index in [2.05, 4.69) is 0 Å². The summed E-state index contributed by atoms with van der Waals surface area (Å²) in [6.07, 6.45) is 1.73. The topological polar surface area (TPSA) is 69.7 Å². The van der Waals surface area contributed by atoms with Crippen molar-refractivity contribution in [2.75, 3.05) is 20.2 Å². The van der Waals surface area contributed by atoms with Crippen LogP contribution in [0.15, 0.2) is 0 Å². The molecule has 0 fully saturated rings. The molecule has 0 aromatic rings. The molecule has 0 radical (unpaired) electrons. The van der Waals surface area contributed by atoms with Crippen LogP contribution in [-0.4, -0.2) is 37.2 Å².